The summed E-state index contributed by atoms with van der Waals surface area (Å²) in [6, 6.07) is 14.3. The maximum absolute atomic E-state index is 13.3. The molecule has 1 aliphatic rings. The molecule has 0 saturated carbocycles. The molecular weight excluding hydrogens is 410 g/mol. The SMILES string of the molecule is CCOC(=O)C1=C(C)N(c2ccc(C)cc2)C(=O)/C1=C\c1ccc(OCC(=O)OC)cc1. The summed E-state index contributed by atoms with van der Waals surface area (Å²) in [7, 11) is 1.29. The molecule has 7 nitrogen and oxygen atoms in total. The first kappa shape index (κ1) is 22.8. The average Bonchev–Trinajstić information content (AvgIpc) is 3.03. The molecule has 0 unspecified atom stereocenters. The number of hydrogen-bond acceptors (Lipinski definition) is 6. The molecule has 0 aromatic heterocycles. The highest BCUT2D eigenvalue weighted by Gasteiger charge is 2.38. The molecule has 2 aromatic rings. The lowest BCUT2D eigenvalue weighted by Gasteiger charge is -2.18. The molecule has 0 aliphatic carbocycles. The number of nitrogens with zero attached hydrogens (tertiary/aromatic N) is 1. The maximum atomic E-state index is 13.3. The number of ether oxygens (including phenoxy) is 3. The molecular formula is C25H25NO6. The van der Waals surface area contributed by atoms with Gasteiger partial charge in [-0.2, -0.15) is 0 Å². The Morgan fingerprint density at radius 1 is 1.00 bits per heavy atom. The van der Waals surface area contributed by atoms with Gasteiger partial charge in [0.2, 0.25) is 0 Å². The van der Waals surface area contributed by atoms with Crippen molar-refractivity contribution >= 4 is 29.6 Å². The predicted octanol–water partition coefficient (Wildman–Crippen LogP) is 3.81. The van der Waals surface area contributed by atoms with Gasteiger partial charge in [0, 0.05) is 11.4 Å². The van der Waals surface area contributed by atoms with Gasteiger partial charge >= 0.3 is 11.9 Å². The van der Waals surface area contributed by atoms with Crippen molar-refractivity contribution in [2.75, 3.05) is 25.2 Å². The van der Waals surface area contributed by atoms with E-state index in [1.165, 1.54) is 12.0 Å². The van der Waals surface area contributed by atoms with Crippen molar-refractivity contribution in [1.82, 2.24) is 0 Å². The Hall–Kier alpha value is -3.87. The van der Waals surface area contributed by atoms with Crippen LogP contribution in [0.1, 0.15) is 25.0 Å². The van der Waals surface area contributed by atoms with E-state index in [1.54, 1.807) is 44.2 Å². The highest BCUT2D eigenvalue weighted by atomic mass is 16.6. The van der Waals surface area contributed by atoms with Crippen LogP contribution in [-0.4, -0.2) is 38.2 Å². The van der Waals surface area contributed by atoms with Crippen LogP contribution in [0, 0.1) is 6.92 Å². The number of esters is 2. The highest BCUT2D eigenvalue weighted by Crippen LogP contribution is 2.35. The quantitative estimate of drug-likeness (QED) is 0.486. The van der Waals surface area contributed by atoms with E-state index in [1.807, 2.05) is 31.2 Å². The first-order chi connectivity index (χ1) is 15.3. The van der Waals surface area contributed by atoms with Crippen LogP contribution in [0.25, 0.3) is 6.08 Å². The Balaban J connectivity index is 1.95. The van der Waals surface area contributed by atoms with E-state index in [4.69, 9.17) is 9.47 Å². The summed E-state index contributed by atoms with van der Waals surface area (Å²) in [5, 5.41) is 0. The van der Waals surface area contributed by atoms with Crippen LogP contribution in [0.4, 0.5) is 5.69 Å². The van der Waals surface area contributed by atoms with Gasteiger partial charge in [0.05, 0.1) is 24.9 Å². The fourth-order valence-corrected chi connectivity index (χ4v) is 3.31. The molecule has 0 bridgehead atoms. The van der Waals surface area contributed by atoms with Crippen molar-refractivity contribution in [1.29, 1.82) is 0 Å². The van der Waals surface area contributed by atoms with E-state index < -0.39 is 11.9 Å². The van der Waals surface area contributed by atoms with Gasteiger partial charge < -0.3 is 14.2 Å². The summed E-state index contributed by atoms with van der Waals surface area (Å²) in [6.07, 6.45) is 1.65. The Kier molecular flexibility index (Phi) is 7.10. The number of rotatable bonds is 7. The molecule has 0 N–H and O–H groups in total. The lowest BCUT2D eigenvalue weighted by Crippen LogP contribution is -2.24. The van der Waals surface area contributed by atoms with Gasteiger partial charge in [-0.1, -0.05) is 29.8 Å². The normalized spacial score (nSPS) is 14.7. The second kappa shape index (κ2) is 9.96. The van der Waals surface area contributed by atoms with E-state index in [9.17, 15) is 14.4 Å². The molecule has 0 spiro atoms. The molecule has 2 aromatic carbocycles. The molecule has 7 heteroatoms. The molecule has 32 heavy (non-hydrogen) atoms. The summed E-state index contributed by atoms with van der Waals surface area (Å²) in [5.41, 5.74) is 3.45. The molecule has 0 fully saturated rings. The van der Waals surface area contributed by atoms with Crippen LogP contribution in [0.2, 0.25) is 0 Å². The topological polar surface area (TPSA) is 82.1 Å². The number of benzene rings is 2. The van der Waals surface area contributed by atoms with Gasteiger partial charge in [-0.05, 0) is 56.7 Å². The first-order valence-corrected chi connectivity index (χ1v) is 10.2. The van der Waals surface area contributed by atoms with Crippen molar-refractivity contribution < 1.29 is 28.6 Å². The minimum atomic E-state index is -0.544. The van der Waals surface area contributed by atoms with E-state index in [-0.39, 0.29) is 30.3 Å². The van der Waals surface area contributed by atoms with Gasteiger partial charge in [-0.3, -0.25) is 9.69 Å². The average molecular weight is 435 g/mol. The predicted molar refractivity (Wildman–Crippen MR) is 120 cm³/mol. The second-order valence-electron chi connectivity index (χ2n) is 7.15. The zero-order valence-electron chi connectivity index (χ0n) is 18.5. The molecule has 0 saturated heterocycles. The van der Waals surface area contributed by atoms with Crippen LogP contribution in [0.5, 0.6) is 5.75 Å². The minimum Gasteiger partial charge on any atom is -0.482 e. The van der Waals surface area contributed by atoms with Gasteiger partial charge in [-0.15, -0.1) is 0 Å². The fraction of sp³-hybridized carbons (Fsp3) is 0.240. The zero-order chi connectivity index (χ0) is 23.3. The number of carbonyl (C=O) groups is 3. The zero-order valence-corrected chi connectivity index (χ0v) is 18.5. The van der Waals surface area contributed by atoms with Crippen molar-refractivity contribution in [3.8, 4) is 5.75 Å². The van der Waals surface area contributed by atoms with Crippen LogP contribution in [0.3, 0.4) is 0 Å². The Bertz CT molecular complexity index is 1080. The van der Waals surface area contributed by atoms with Gasteiger partial charge in [0.1, 0.15) is 5.75 Å². The number of aryl methyl sites for hydroxylation is 1. The highest BCUT2D eigenvalue weighted by molar-refractivity contribution is 6.23. The van der Waals surface area contributed by atoms with E-state index in [0.717, 1.165) is 5.56 Å². The third-order valence-electron chi connectivity index (χ3n) is 4.95. The smallest absolute Gasteiger partial charge is 0.343 e. The maximum Gasteiger partial charge on any atom is 0.343 e. The molecule has 3 rings (SSSR count). The van der Waals surface area contributed by atoms with Crippen LogP contribution < -0.4 is 9.64 Å². The third-order valence-corrected chi connectivity index (χ3v) is 4.95. The molecule has 1 amide bonds. The van der Waals surface area contributed by atoms with Crippen LogP contribution in [0.15, 0.2) is 65.4 Å². The minimum absolute atomic E-state index is 0.199. The number of methoxy groups -OCH3 is 1. The number of carbonyl (C=O) groups excluding carboxylic acids is 3. The van der Waals surface area contributed by atoms with Crippen LogP contribution in [-0.2, 0) is 23.9 Å². The van der Waals surface area contributed by atoms with Gasteiger partial charge in [-0.25, -0.2) is 9.59 Å². The summed E-state index contributed by atoms with van der Waals surface area (Å²) in [6.45, 7) is 5.42. The van der Waals surface area contributed by atoms with Crippen LogP contribution >= 0.6 is 0 Å². The molecule has 0 atom stereocenters. The molecule has 166 valence electrons. The Morgan fingerprint density at radius 3 is 2.25 bits per heavy atom. The van der Waals surface area contributed by atoms with E-state index in [2.05, 4.69) is 4.74 Å². The van der Waals surface area contributed by atoms with Gasteiger partial charge in [0.25, 0.3) is 5.91 Å². The monoisotopic (exact) mass is 435 g/mol. The van der Waals surface area contributed by atoms with Crippen molar-refractivity contribution in [3.05, 3.63) is 76.5 Å². The molecule has 1 heterocycles. The van der Waals surface area contributed by atoms with Crippen molar-refractivity contribution in [2.45, 2.75) is 20.8 Å². The second-order valence-corrected chi connectivity index (χ2v) is 7.15. The Labute approximate surface area is 186 Å². The lowest BCUT2D eigenvalue weighted by molar-refractivity contribution is -0.143. The summed E-state index contributed by atoms with van der Waals surface area (Å²) >= 11 is 0. The largest absolute Gasteiger partial charge is 0.482 e. The number of allylic oxidation sites excluding steroid dienone is 1. The van der Waals surface area contributed by atoms with Crippen molar-refractivity contribution in [2.24, 2.45) is 0 Å². The van der Waals surface area contributed by atoms with Crippen molar-refractivity contribution in [3.63, 3.8) is 0 Å². The number of anilines is 1. The Morgan fingerprint density at radius 2 is 1.66 bits per heavy atom. The standard InChI is InChI=1S/C25H25NO6/c1-5-31-25(29)23-17(3)26(19-10-6-16(2)7-11-19)24(28)21(23)14-18-8-12-20(13-9-18)32-15-22(27)30-4/h6-14H,5,15H2,1-4H3/b21-14-. The lowest BCUT2D eigenvalue weighted by atomic mass is 10.0. The summed E-state index contributed by atoms with van der Waals surface area (Å²) in [4.78, 5) is 38.8. The summed E-state index contributed by atoms with van der Waals surface area (Å²) in [5.74, 6) is -0.852. The van der Waals surface area contributed by atoms with E-state index >= 15 is 0 Å². The third kappa shape index (κ3) is 4.88. The number of hydrogen-bond donors (Lipinski definition) is 0. The fourth-order valence-electron chi connectivity index (χ4n) is 3.31. The molecule has 1 aliphatic heterocycles. The van der Waals surface area contributed by atoms with E-state index in [0.29, 0.717) is 22.7 Å². The molecule has 0 radical (unpaired) electrons. The number of amides is 1. The summed E-state index contributed by atoms with van der Waals surface area (Å²) < 4.78 is 15.1. The first-order valence-electron chi connectivity index (χ1n) is 10.2. The van der Waals surface area contributed by atoms with Gasteiger partial charge in [0.15, 0.2) is 6.61 Å².